The van der Waals surface area contributed by atoms with Gasteiger partial charge in [-0.05, 0) is 42.3 Å². The van der Waals surface area contributed by atoms with E-state index in [0.717, 1.165) is 18.5 Å². The van der Waals surface area contributed by atoms with Gasteiger partial charge in [-0.3, -0.25) is 19.7 Å². The Hall–Kier alpha value is -4.20. The number of anilines is 1. The molecule has 0 bridgehead atoms. The predicted molar refractivity (Wildman–Crippen MR) is 119 cm³/mol. The van der Waals surface area contributed by atoms with Gasteiger partial charge in [0.2, 0.25) is 5.91 Å². The van der Waals surface area contributed by atoms with Gasteiger partial charge in [-0.1, -0.05) is 30.3 Å². The Bertz CT molecular complexity index is 1160. The Morgan fingerprint density at radius 1 is 1.06 bits per heavy atom. The SMILES string of the molecule is O=C(Nc1cccc(CN2CCCC2=O)c1)c1cc([N+](=O)[O-])ccc1Oc1ccccc1. The Labute approximate surface area is 184 Å². The third-order valence-electron chi connectivity index (χ3n) is 5.12. The fraction of sp³-hybridized carbons (Fsp3) is 0.167. The molecule has 162 valence electrons. The molecule has 0 saturated carbocycles. The highest BCUT2D eigenvalue weighted by Gasteiger charge is 2.21. The minimum Gasteiger partial charge on any atom is -0.457 e. The molecular weight excluding hydrogens is 410 g/mol. The van der Waals surface area contributed by atoms with Gasteiger partial charge in [0.1, 0.15) is 11.5 Å². The van der Waals surface area contributed by atoms with E-state index < -0.39 is 10.8 Å². The maximum Gasteiger partial charge on any atom is 0.270 e. The number of amides is 2. The van der Waals surface area contributed by atoms with Crippen molar-refractivity contribution in [2.24, 2.45) is 0 Å². The third kappa shape index (κ3) is 4.92. The van der Waals surface area contributed by atoms with Crippen LogP contribution >= 0.6 is 0 Å². The average molecular weight is 431 g/mol. The molecular formula is C24H21N3O5. The largest absolute Gasteiger partial charge is 0.457 e. The minimum absolute atomic E-state index is 0.0446. The second kappa shape index (κ2) is 9.30. The van der Waals surface area contributed by atoms with E-state index in [2.05, 4.69) is 5.32 Å². The van der Waals surface area contributed by atoms with Gasteiger partial charge in [0.05, 0.1) is 10.5 Å². The van der Waals surface area contributed by atoms with Gasteiger partial charge in [-0.15, -0.1) is 0 Å². The van der Waals surface area contributed by atoms with Crippen LogP contribution in [-0.2, 0) is 11.3 Å². The summed E-state index contributed by atoms with van der Waals surface area (Å²) in [6, 6.07) is 20.0. The predicted octanol–water partition coefficient (Wildman–Crippen LogP) is 4.76. The van der Waals surface area contributed by atoms with Crippen molar-refractivity contribution in [3.8, 4) is 11.5 Å². The van der Waals surface area contributed by atoms with Gasteiger partial charge in [-0.2, -0.15) is 0 Å². The van der Waals surface area contributed by atoms with E-state index in [0.29, 0.717) is 24.4 Å². The Kier molecular flexibility index (Phi) is 6.12. The first-order valence-corrected chi connectivity index (χ1v) is 10.2. The number of non-ortho nitro benzene ring substituents is 1. The van der Waals surface area contributed by atoms with Crippen LogP contribution in [0.15, 0.2) is 72.8 Å². The summed E-state index contributed by atoms with van der Waals surface area (Å²) in [5.41, 5.74) is 1.24. The molecule has 8 nitrogen and oxygen atoms in total. The lowest BCUT2D eigenvalue weighted by atomic mass is 10.1. The number of hydrogen-bond donors (Lipinski definition) is 1. The van der Waals surface area contributed by atoms with Crippen LogP contribution in [0.25, 0.3) is 0 Å². The third-order valence-corrected chi connectivity index (χ3v) is 5.12. The molecule has 0 spiro atoms. The molecule has 1 heterocycles. The molecule has 2 amide bonds. The number of nitro benzene ring substituents is 1. The Morgan fingerprint density at radius 2 is 1.88 bits per heavy atom. The number of hydrogen-bond acceptors (Lipinski definition) is 5. The lowest BCUT2D eigenvalue weighted by Gasteiger charge is -2.16. The van der Waals surface area contributed by atoms with Crippen molar-refractivity contribution in [3.63, 3.8) is 0 Å². The lowest BCUT2D eigenvalue weighted by molar-refractivity contribution is -0.384. The summed E-state index contributed by atoms with van der Waals surface area (Å²) >= 11 is 0. The van der Waals surface area contributed by atoms with Crippen molar-refractivity contribution in [3.05, 3.63) is 94.0 Å². The van der Waals surface area contributed by atoms with Gasteiger partial charge >= 0.3 is 0 Å². The number of nitrogens with one attached hydrogen (secondary N) is 1. The van der Waals surface area contributed by atoms with Gasteiger partial charge < -0.3 is 15.0 Å². The number of rotatable bonds is 7. The van der Waals surface area contributed by atoms with Crippen LogP contribution in [-0.4, -0.2) is 28.2 Å². The lowest BCUT2D eigenvalue weighted by Crippen LogP contribution is -2.23. The molecule has 3 aromatic carbocycles. The van der Waals surface area contributed by atoms with Crippen LogP contribution in [0.4, 0.5) is 11.4 Å². The molecule has 1 fully saturated rings. The summed E-state index contributed by atoms with van der Waals surface area (Å²) in [7, 11) is 0. The Balaban J connectivity index is 1.56. The molecule has 1 aliphatic rings. The number of likely N-dealkylation sites (tertiary alicyclic amines) is 1. The molecule has 1 aliphatic heterocycles. The van der Waals surface area contributed by atoms with Crippen molar-refractivity contribution >= 4 is 23.2 Å². The standard InChI is InChI=1S/C24H21N3O5/c28-23-10-5-13-26(23)16-17-6-4-7-18(14-17)25-24(29)21-15-19(27(30)31)11-12-22(21)32-20-8-2-1-3-9-20/h1-4,6-9,11-12,14-15H,5,10,13,16H2,(H,25,29). The van der Waals surface area contributed by atoms with Gasteiger partial charge in [0.25, 0.3) is 11.6 Å². The van der Waals surface area contributed by atoms with Crippen molar-refractivity contribution in [2.45, 2.75) is 19.4 Å². The average Bonchev–Trinajstić information content (AvgIpc) is 3.19. The number of benzene rings is 3. The fourth-order valence-corrected chi connectivity index (χ4v) is 3.55. The van der Waals surface area contributed by atoms with Crippen molar-refractivity contribution < 1.29 is 19.2 Å². The zero-order chi connectivity index (χ0) is 22.5. The van der Waals surface area contributed by atoms with E-state index >= 15 is 0 Å². The number of ether oxygens (including phenoxy) is 1. The molecule has 1 N–H and O–H groups in total. The second-order valence-corrected chi connectivity index (χ2v) is 7.43. The molecule has 4 rings (SSSR count). The van der Waals surface area contributed by atoms with Gasteiger partial charge in [0, 0.05) is 37.3 Å². The summed E-state index contributed by atoms with van der Waals surface area (Å²) in [6.45, 7) is 1.20. The maximum atomic E-state index is 13.0. The summed E-state index contributed by atoms with van der Waals surface area (Å²) in [5, 5.41) is 14.0. The van der Waals surface area contributed by atoms with E-state index in [4.69, 9.17) is 4.74 Å². The molecule has 0 unspecified atom stereocenters. The molecule has 0 aromatic heterocycles. The van der Waals surface area contributed by atoms with Gasteiger partial charge in [-0.25, -0.2) is 0 Å². The normalized spacial score (nSPS) is 13.1. The summed E-state index contributed by atoms with van der Waals surface area (Å²) < 4.78 is 5.80. The van der Waals surface area contributed by atoms with Crippen molar-refractivity contribution in [2.75, 3.05) is 11.9 Å². The van der Waals surface area contributed by atoms with Crippen LogP contribution in [0.2, 0.25) is 0 Å². The van der Waals surface area contributed by atoms with E-state index in [-0.39, 0.29) is 22.9 Å². The zero-order valence-electron chi connectivity index (χ0n) is 17.2. The van der Waals surface area contributed by atoms with Crippen LogP contribution < -0.4 is 10.1 Å². The number of para-hydroxylation sites is 1. The summed E-state index contributed by atoms with van der Waals surface area (Å²) in [6.07, 6.45) is 1.42. The molecule has 3 aromatic rings. The molecule has 1 saturated heterocycles. The molecule has 8 heteroatoms. The molecule has 0 radical (unpaired) electrons. The van der Waals surface area contributed by atoms with Gasteiger partial charge in [0.15, 0.2) is 0 Å². The number of carbonyl (C=O) groups excluding carboxylic acids is 2. The highest BCUT2D eigenvalue weighted by Crippen LogP contribution is 2.29. The zero-order valence-corrected chi connectivity index (χ0v) is 17.2. The highest BCUT2D eigenvalue weighted by atomic mass is 16.6. The molecule has 0 aliphatic carbocycles. The summed E-state index contributed by atoms with van der Waals surface area (Å²) in [5.74, 6) is 0.304. The Morgan fingerprint density at radius 3 is 2.59 bits per heavy atom. The quantitative estimate of drug-likeness (QED) is 0.429. The number of carbonyl (C=O) groups is 2. The number of nitro groups is 1. The second-order valence-electron chi connectivity index (χ2n) is 7.43. The van der Waals surface area contributed by atoms with Crippen molar-refractivity contribution in [1.82, 2.24) is 4.90 Å². The molecule has 0 atom stereocenters. The monoisotopic (exact) mass is 431 g/mol. The van der Waals surface area contributed by atoms with Crippen LogP contribution in [0.3, 0.4) is 0 Å². The number of nitrogens with zero attached hydrogens (tertiary/aromatic N) is 2. The minimum atomic E-state index is -0.559. The smallest absolute Gasteiger partial charge is 0.270 e. The summed E-state index contributed by atoms with van der Waals surface area (Å²) in [4.78, 5) is 37.4. The molecule has 32 heavy (non-hydrogen) atoms. The van der Waals surface area contributed by atoms with E-state index in [1.807, 2.05) is 12.1 Å². The highest BCUT2D eigenvalue weighted by molar-refractivity contribution is 6.06. The fourth-order valence-electron chi connectivity index (χ4n) is 3.55. The topological polar surface area (TPSA) is 102 Å². The first kappa shape index (κ1) is 21.0. The maximum absolute atomic E-state index is 13.0. The van der Waals surface area contributed by atoms with E-state index in [9.17, 15) is 19.7 Å². The van der Waals surface area contributed by atoms with Crippen LogP contribution in [0.1, 0.15) is 28.8 Å². The van der Waals surface area contributed by atoms with Crippen molar-refractivity contribution in [1.29, 1.82) is 0 Å². The van der Waals surface area contributed by atoms with E-state index in [1.54, 1.807) is 47.4 Å². The van der Waals surface area contributed by atoms with Crippen LogP contribution in [0, 0.1) is 10.1 Å². The van der Waals surface area contributed by atoms with E-state index in [1.165, 1.54) is 18.2 Å². The van der Waals surface area contributed by atoms with Crippen LogP contribution in [0.5, 0.6) is 11.5 Å². The first-order valence-electron chi connectivity index (χ1n) is 10.2. The first-order chi connectivity index (χ1) is 15.5.